The van der Waals surface area contributed by atoms with Crippen LogP contribution < -0.4 is 10.1 Å². The van der Waals surface area contributed by atoms with Crippen LogP contribution in [0.5, 0.6) is 5.75 Å². The maximum Gasteiger partial charge on any atom is 0.387 e. The molecule has 0 unspecified atom stereocenters. The molecule has 1 aromatic heterocycles. The smallest absolute Gasteiger partial charge is 0.387 e. The van der Waals surface area contributed by atoms with Gasteiger partial charge in [0.15, 0.2) is 0 Å². The number of carbonyl (C=O) groups excluding carboxylic acids is 1. The number of rotatable bonds is 4. The van der Waals surface area contributed by atoms with Crippen molar-refractivity contribution in [2.75, 3.05) is 0 Å². The number of alkyl halides is 2. The van der Waals surface area contributed by atoms with Crippen LogP contribution in [0.1, 0.15) is 40.4 Å². The van der Waals surface area contributed by atoms with Crippen LogP contribution in [0, 0.1) is 0 Å². The molecule has 0 aliphatic heterocycles. The van der Waals surface area contributed by atoms with E-state index in [9.17, 15) is 13.6 Å². The number of halogens is 3. The number of aryl methyl sites for hydroxylation is 1. The molecule has 0 spiro atoms. The van der Waals surface area contributed by atoms with E-state index in [0.29, 0.717) is 5.56 Å². The third-order valence-electron chi connectivity index (χ3n) is 3.98. The molecule has 1 heterocycles. The van der Waals surface area contributed by atoms with Gasteiger partial charge >= 0.3 is 6.61 Å². The standard InChI is InChI=1S/C17H15ClF2N2O2/c18-14-9-21-7-6-13(14)16(23)22-15-3-1-2-10-8-11(24-17(19)20)4-5-12(10)15/h4-9,15,17H,1-3H2,(H,22,23)/t15-/m0/s1. The summed E-state index contributed by atoms with van der Waals surface area (Å²) >= 11 is 6.00. The average Bonchev–Trinajstić information content (AvgIpc) is 2.54. The Labute approximate surface area is 142 Å². The minimum atomic E-state index is -2.85. The molecule has 3 rings (SSSR count). The summed E-state index contributed by atoms with van der Waals surface area (Å²) in [6.07, 6.45) is 5.30. The summed E-state index contributed by atoms with van der Waals surface area (Å²) in [5.74, 6) is -0.152. The molecule has 1 N–H and O–H groups in total. The zero-order valence-corrected chi connectivity index (χ0v) is 13.4. The van der Waals surface area contributed by atoms with E-state index in [4.69, 9.17) is 11.6 Å². The van der Waals surface area contributed by atoms with Crippen molar-refractivity contribution < 1.29 is 18.3 Å². The van der Waals surface area contributed by atoms with E-state index < -0.39 is 6.61 Å². The molecule has 0 radical (unpaired) electrons. The molecule has 1 aromatic carbocycles. The molecule has 0 saturated carbocycles. The molecule has 2 aromatic rings. The highest BCUT2D eigenvalue weighted by atomic mass is 35.5. The van der Waals surface area contributed by atoms with Crippen LogP contribution in [-0.2, 0) is 6.42 Å². The zero-order valence-electron chi connectivity index (χ0n) is 12.6. The van der Waals surface area contributed by atoms with Gasteiger partial charge in [0.1, 0.15) is 5.75 Å². The van der Waals surface area contributed by atoms with Crippen LogP contribution in [-0.4, -0.2) is 17.5 Å². The Kier molecular flexibility index (Phi) is 4.94. The first-order valence-electron chi connectivity index (χ1n) is 7.52. The number of carbonyl (C=O) groups is 1. The number of hydrogen-bond donors (Lipinski definition) is 1. The third kappa shape index (κ3) is 3.64. The van der Waals surface area contributed by atoms with Gasteiger partial charge < -0.3 is 10.1 Å². The zero-order chi connectivity index (χ0) is 17.1. The first-order chi connectivity index (χ1) is 11.5. The van der Waals surface area contributed by atoms with Gasteiger partial charge in [0, 0.05) is 12.4 Å². The molecular formula is C17H15ClF2N2O2. The number of nitrogens with one attached hydrogen (secondary N) is 1. The van der Waals surface area contributed by atoms with Crippen LogP contribution in [0.3, 0.4) is 0 Å². The van der Waals surface area contributed by atoms with E-state index in [1.807, 2.05) is 0 Å². The van der Waals surface area contributed by atoms with Gasteiger partial charge in [-0.25, -0.2) is 0 Å². The number of pyridine rings is 1. The summed E-state index contributed by atoms with van der Waals surface area (Å²) in [4.78, 5) is 16.3. The lowest BCUT2D eigenvalue weighted by Crippen LogP contribution is -2.31. The van der Waals surface area contributed by atoms with Gasteiger partial charge in [-0.3, -0.25) is 9.78 Å². The summed E-state index contributed by atoms with van der Waals surface area (Å²) in [5, 5.41) is 3.24. The molecule has 4 nitrogen and oxygen atoms in total. The van der Waals surface area contributed by atoms with Crippen molar-refractivity contribution in [2.45, 2.75) is 31.9 Å². The molecule has 24 heavy (non-hydrogen) atoms. The van der Waals surface area contributed by atoms with Crippen molar-refractivity contribution in [3.8, 4) is 5.75 Å². The number of ether oxygens (including phenoxy) is 1. The second-order valence-electron chi connectivity index (χ2n) is 5.51. The fourth-order valence-corrected chi connectivity index (χ4v) is 3.12. The highest BCUT2D eigenvalue weighted by Crippen LogP contribution is 2.33. The second kappa shape index (κ2) is 7.13. The number of fused-ring (bicyclic) bond motifs is 1. The molecule has 1 amide bonds. The first-order valence-corrected chi connectivity index (χ1v) is 7.90. The first kappa shape index (κ1) is 16.6. The second-order valence-corrected chi connectivity index (χ2v) is 5.92. The van der Waals surface area contributed by atoms with Crippen molar-refractivity contribution in [1.82, 2.24) is 10.3 Å². The summed E-state index contributed by atoms with van der Waals surface area (Å²) in [6.45, 7) is -2.85. The molecule has 0 saturated heterocycles. The van der Waals surface area contributed by atoms with Crippen molar-refractivity contribution >= 4 is 17.5 Å². The van der Waals surface area contributed by atoms with Gasteiger partial charge in [-0.2, -0.15) is 8.78 Å². The van der Waals surface area contributed by atoms with Gasteiger partial charge in [0.25, 0.3) is 5.91 Å². The molecule has 126 valence electrons. The molecule has 0 fully saturated rings. The van der Waals surface area contributed by atoms with Crippen LogP contribution in [0.15, 0.2) is 36.7 Å². The van der Waals surface area contributed by atoms with Gasteiger partial charge in [-0.1, -0.05) is 17.7 Å². The van der Waals surface area contributed by atoms with Crippen LogP contribution in [0.4, 0.5) is 8.78 Å². The van der Waals surface area contributed by atoms with E-state index >= 15 is 0 Å². The molecular weight excluding hydrogens is 338 g/mol. The van der Waals surface area contributed by atoms with Gasteiger partial charge in [0.2, 0.25) is 0 Å². The van der Waals surface area contributed by atoms with E-state index in [-0.39, 0.29) is 22.7 Å². The Morgan fingerprint density at radius 3 is 2.96 bits per heavy atom. The van der Waals surface area contributed by atoms with Crippen molar-refractivity contribution in [2.24, 2.45) is 0 Å². The normalized spacial score (nSPS) is 16.6. The quantitative estimate of drug-likeness (QED) is 0.899. The van der Waals surface area contributed by atoms with E-state index in [1.165, 1.54) is 18.5 Å². The fraction of sp³-hybridized carbons (Fsp3) is 0.294. The summed E-state index contributed by atoms with van der Waals surface area (Å²) in [7, 11) is 0. The van der Waals surface area contributed by atoms with Crippen LogP contribution in [0.25, 0.3) is 0 Å². The molecule has 1 aliphatic carbocycles. The van der Waals surface area contributed by atoms with E-state index in [2.05, 4.69) is 15.0 Å². The predicted octanol–water partition coefficient (Wildman–Crippen LogP) is 4.14. The Morgan fingerprint density at radius 2 is 2.21 bits per heavy atom. The van der Waals surface area contributed by atoms with Crippen LogP contribution in [0.2, 0.25) is 5.02 Å². The van der Waals surface area contributed by atoms with Gasteiger partial charge in [-0.15, -0.1) is 0 Å². The maximum absolute atomic E-state index is 12.4. The Bertz CT molecular complexity index is 755. The SMILES string of the molecule is O=C(N[C@H]1CCCc2cc(OC(F)F)ccc21)c1ccncc1Cl. The lowest BCUT2D eigenvalue weighted by Gasteiger charge is -2.27. The Balaban J connectivity index is 1.80. The average molecular weight is 353 g/mol. The highest BCUT2D eigenvalue weighted by Gasteiger charge is 2.23. The minimum absolute atomic E-state index is 0.132. The number of hydrogen-bond acceptors (Lipinski definition) is 3. The molecule has 7 heteroatoms. The number of aromatic nitrogens is 1. The lowest BCUT2D eigenvalue weighted by atomic mass is 9.87. The highest BCUT2D eigenvalue weighted by molar-refractivity contribution is 6.33. The largest absolute Gasteiger partial charge is 0.435 e. The summed E-state index contributed by atoms with van der Waals surface area (Å²) < 4.78 is 29.1. The minimum Gasteiger partial charge on any atom is -0.435 e. The fourth-order valence-electron chi connectivity index (χ4n) is 2.91. The van der Waals surface area contributed by atoms with E-state index in [0.717, 1.165) is 30.4 Å². The Hall–Kier alpha value is -2.21. The maximum atomic E-state index is 12.4. The number of amides is 1. The monoisotopic (exact) mass is 352 g/mol. The van der Waals surface area contributed by atoms with Crippen molar-refractivity contribution in [3.63, 3.8) is 0 Å². The summed E-state index contributed by atoms with van der Waals surface area (Å²) in [6, 6.07) is 6.20. The molecule has 1 atom stereocenters. The van der Waals surface area contributed by atoms with E-state index in [1.54, 1.807) is 18.2 Å². The van der Waals surface area contributed by atoms with Gasteiger partial charge in [-0.05, 0) is 48.6 Å². The van der Waals surface area contributed by atoms with Crippen molar-refractivity contribution in [3.05, 3.63) is 58.4 Å². The molecule has 1 aliphatic rings. The summed E-state index contributed by atoms with van der Waals surface area (Å²) in [5.41, 5.74) is 2.18. The number of benzene rings is 1. The van der Waals surface area contributed by atoms with Crippen LogP contribution >= 0.6 is 11.6 Å². The Morgan fingerprint density at radius 1 is 1.38 bits per heavy atom. The predicted molar refractivity (Wildman–Crippen MR) is 85.5 cm³/mol. The molecule has 0 bridgehead atoms. The number of nitrogens with zero attached hydrogens (tertiary/aromatic N) is 1. The third-order valence-corrected chi connectivity index (χ3v) is 4.28. The topological polar surface area (TPSA) is 51.2 Å². The lowest BCUT2D eigenvalue weighted by molar-refractivity contribution is -0.0499. The van der Waals surface area contributed by atoms with Gasteiger partial charge in [0.05, 0.1) is 16.6 Å². The van der Waals surface area contributed by atoms with Crippen molar-refractivity contribution in [1.29, 1.82) is 0 Å².